The van der Waals surface area contributed by atoms with Crippen molar-refractivity contribution in [2.75, 3.05) is 0 Å². The molecular weight excluding hydrogens is 431 g/mol. The van der Waals surface area contributed by atoms with Crippen LogP contribution < -0.4 is 15.9 Å². The first-order valence-electron chi connectivity index (χ1n) is 11.7. The van der Waals surface area contributed by atoms with Crippen LogP contribution in [0.4, 0.5) is 0 Å². The lowest BCUT2D eigenvalue weighted by Gasteiger charge is -2.22. The average Bonchev–Trinajstić information content (AvgIpc) is 3.21. The third kappa shape index (κ3) is 4.22. The summed E-state index contributed by atoms with van der Waals surface area (Å²) in [7, 11) is -0.725. The molecule has 0 saturated heterocycles. The monoisotopic (exact) mass is 460 g/mol. The Morgan fingerprint density at radius 3 is 1.74 bits per heavy atom. The summed E-state index contributed by atoms with van der Waals surface area (Å²) in [5.74, 6) is 0. The van der Waals surface area contributed by atoms with Crippen LogP contribution in [0.2, 0.25) is 0 Å². The van der Waals surface area contributed by atoms with Gasteiger partial charge in [-0.15, -0.1) is 0 Å². The molecule has 4 aromatic carbocycles. The maximum Gasteiger partial charge on any atom is 0.0935 e. The van der Waals surface area contributed by atoms with Gasteiger partial charge in [-0.3, -0.25) is 0 Å². The van der Waals surface area contributed by atoms with Crippen LogP contribution in [0.5, 0.6) is 0 Å². The number of hydrogen-bond donors (Lipinski definition) is 0. The molecular formula is C31H29N2P. The largest absolute Gasteiger partial charge is 0.237 e. The second kappa shape index (κ2) is 9.41. The van der Waals surface area contributed by atoms with Gasteiger partial charge in [-0.05, 0) is 69.5 Å². The van der Waals surface area contributed by atoms with Crippen LogP contribution in [-0.2, 0) is 0 Å². The van der Waals surface area contributed by atoms with Gasteiger partial charge < -0.3 is 0 Å². The fraction of sp³-hybridized carbons (Fsp3) is 0.129. The minimum absolute atomic E-state index is 0.725. The zero-order valence-corrected chi connectivity index (χ0v) is 21.1. The van der Waals surface area contributed by atoms with Gasteiger partial charge in [0.25, 0.3) is 0 Å². The van der Waals surface area contributed by atoms with Crippen molar-refractivity contribution in [3.05, 3.63) is 126 Å². The second-order valence-electron chi connectivity index (χ2n) is 8.85. The first kappa shape index (κ1) is 22.3. The molecule has 0 aliphatic rings. The minimum Gasteiger partial charge on any atom is -0.237 e. The number of aromatic nitrogens is 2. The minimum atomic E-state index is -0.725. The highest BCUT2D eigenvalue weighted by atomic mass is 31.1. The van der Waals surface area contributed by atoms with E-state index in [1.807, 2.05) is 0 Å². The molecule has 0 atom stereocenters. The third-order valence-corrected chi connectivity index (χ3v) is 8.69. The van der Waals surface area contributed by atoms with E-state index in [1.54, 1.807) is 0 Å². The molecule has 3 heteroatoms. The Morgan fingerprint density at radius 1 is 0.618 bits per heavy atom. The molecule has 5 rings (SSSR count). The average molecular weight is 461 g/mol. The predicted molar refractivity (Wildman–Crippen MR) is 147 cm³/mol. The summed E-state index contributed by atoms with van der Waals surface area (Å²) < 4.78 is 2.13. The number of nitrogens with zero attached hydrogens (tertiary/aromatic N) is 2. The molecule has 34 heavy (non-hydrogen) atoms. The summed E-state index contributed by atoms with van der Waals surface area (Å²) in [4.78, 5) is 0. The van der Waals surface area contributed by atoms with E-state index in [2.05, 4.69) is 136 Å². The summed E-state index contributed by atoms with van der Waals surface area (Å²) in [5.41, 5.74) is 8.38. The molecule has 0 spiro atoms. The van der Waals surface area contributed by atoms with Crippen LogP contribution in [0.3, 0.4) is 0 Å². The van der Waals surface area contributed by atoms with Crippen molar-refractivity contribution in [1.29, 1.82) is 0 Å². The third-order valence-electron chi connectivity index (χ3n) is 6.20. The Labute approximate surface area is 203 Å². The van der Waals surface area contributed by atoms with Gasteiger partial charge in [0.15, 0.2) is 0 Å². The van der Waals surface area contributed by atoms with Crippen molar-refractivity contribution in [1.82, 2.24) is 9.78 Å². The number of rotatable bonds is 5. The van der Waals surface area contributed by atoms with E-state index >= 15 is 0 Å². The molecule has 0 unspecified atom stereocenters. The number of para-hydroxylation sites is 1. The maximum absolute atomic E-state index is 5.16. The fourth-order valence-corrected chi connectivity index (χ4v) is 7.27. The molecule has 0 bridgehead atoms. The topological polar surface area (TPSA) is 17.8 Å². The lowest BCUT2D eigenvalue weighted by molar-refractivity contribution is 0.854. The highest BCUT2D eigenvalue weighted by Gasteiger charge is 2.22. The Kier molecular flexibility index (Phi) is 6.18. The number of hydrogen-bond acceptors (Lipinski definition) is 1. The van der Waals surface area contributed by atoms with Crippen LogP contribution in [0, 0.1) is 27.7 Å². The van der Waals surface area contributed by atoms with Gasteiger partial charge in [-0.2, -0.15) is 5.10 Å². The van der Waals surface area contributed by atoms with Gasteiger partial charge in [-0.25, -0.2) is 4.68 Å². The quantitative estimate of drug-likeness (QED) is 0.273. The molecule has 2 nitrogen and oxygen atoms in total. The highest BCUT2D eigenvalue weighted by molar-refractivity contribution is 7.80. The summed E-state index contributed by atoms with van der Waals surface area (Å²) in [6.45, 7) is 8.67. The smallest absolute Gasteiger partial charge is 0.0935 e. The van der Waals surface area contributed by atoms with E-state index in [9.17, 15) is 0 Å². The first-order valence-corrected chi connectivity index (χ1v) is 13.0. The Balaban J connectivity index is 1.69. The van der Waals surface area contributed by atoms with Crippen molar-refractivity contribution in [3.63, 3.8) is 0 Å². The molecule has 1 aromatic heterocycles. The van der Waals surface area contributed by atoms with Crippen LogP contribution >= 0.6 is 7.92 Å². The first-order chi connectivity index (χ1) is 16.5. The van der Waals surface area contributed by atoms with Crippen LogP contribution in [0.1, 0.15) is 22.4 Å². The van der Waals surface area contributed by atoms with Gasteiger partial charge in [-0.1, -0.05) is 96.6 Å². The molecule has 1 heterocycles. The van der Waals surface area contributed by atoms with E-state index in [-0.39, 0.29) is 0 Å². The Morgan fingerprint density at radius 2 is 1.15 bits per heavy atom. The van der Waals surface area contributed by atoms with Gasteiger partial charge in [0.05, 0.1) is 11.4 Å². The SMILES string of the molecule is Cc1cc(C)c(-c2cc(C)n(-c3ccccc3P(c3ccccc3)c3ccccc3)n2)c(C)c1. The molecule has 0 N–H and O–H groups in total. The van der Waals surface area contributed by atoms with Gasteiger partial charge in [0, 0.05) is 16.6 Å². The molecule has 5 aromatic rings. The molecule has 0 saturated carbocycles. The van der Waals surface area contributed by atoms with Crippen molar-refractivity contribution in [3.8, 4) is 16.9 Å². The molecule has 168 valence electrons. The van der Waals surface area contributed by atoms with Crippen LogP contribution in [0.15, 0.2) is 103 Å². The summed E-state index contributed by atoms with van der Waals surface area (Å²) >= 11 is 0. The van der Waals surface area contributed by atoms with Crippen molar-refractivity contribution >= 4 is 23.8 Å². The molecule has 0 fully saturated rings. The molecule has 0 amide bonds. The van der Waals surface area contributed by atoms with Gasteiger partial charge in [0.2, 0.25) is 0 Å². The number of aryl methyl sites for hydroxylation is 4. The van der Waals surface area contributed by atoms with Gasteiger partial charge >= 0.3 is 0 Å². The Bertz CT molecular complexity index is 1370. The summed E-state index contributed by atoms with van der Waals surface area (Å²) in [5, 5.41) is 9.15. The zero-order chi connectivity index (χ0) is 23.7. The highest BCUT2D eigenvalue weighted by Crippen LogP contribution is 2.36. The normalized spacial score (nSPS) is 11.2. The second-order valence-corrected chi connectivity index (χ2v) is 11.0. The Hall–Kier alpha value is -3.48. The molecule has 0 aliphatic heterocycles. The summed E-state index contributed by atoms with van der Waals surface area (Å²) in [6, 6.07) is 37.1. The van der Waals surface area contributed by atoms with E-state index in [4.69, 9.17) is 5.10 Å². The maximum atomic E-state index is 5.16. The van der Waals surface area contributed by atoms with Crippen molar-refractivity contribution < 1.29 is 0 Å². The van der Waals surface area contributed by atoms with E-state index in [0.29, 0.717) is 0 Å². The molecule has 0 aliphatic carbocycles. The molecule has 0 radical (unpaired) electrons. The van der Waals surface area contributed by atoms with Crippen LogP contribution in [-0.4, -0.2) is 9.78 Å². The van der Waals surface area contributed by atoms with Gasteiger partial charge in [0.1, 0.15) is 0 Å². The predicted octanol–water partition coefficient (Wildman–Crippen LogP) is 6.53. The lowest BCUT2D eigenvalue weighted by atomic mass is 9.97. The zero-order valence-electron chi connectivity index (χ0n) is 20.2. The lowest BCUT2D eigenvalue weighted by Crippen LogP contribution is -2.24. The fourth-order valence-electron chi connectivity index (χ4n) is 4.84. The van der Waals surface area contributed by atoms with Crippen molar-refractivity contribution in [2.24, 2.45) is 0 Å². The standard InChI is InChI=1S/C31H29N2P/c1-22-19-23(2)31(24(3)20-22)28-21-25(4)33(32-28)29-17-11-12-18-30(29)34(26-13-7-5-8-14-26)27-15-9-6-10-16-27/h5-21H,1-4H3. The van der Waals surface area contributed by atoms with Crippen molar-refractivity contribution in [2.45, 2.75) is 27.7 Å². The van der Waals surface area contributed by atoms with E-state index in [1.165, 1.54) is 38.2 Å². The summed E-state index contributed by atoms with van der Waals surface area (Å²) in [6.07, 6.45) is 0. The van der Waals surface area contributed by atoms with Crippen LogP contribution in [0.25, 0.3) is 16.9 Å². The number of benzene rings is 4. The van der Waals surface area contributed by atoms with E-state index in [0.717, 1.165) is 17.1 Å². The van der Waals surface area contributed by atoms with E-state index < -0.39 is 7.92 Å².